The molecular formula is C24H23N5O2S. The molecule has 32 heavy (non-hydrogen) atoms. The summed E-state index contributed by atoms with van der Waals surface area (Å²) in [6.45, 7) is 3.86. The quantitative estimate of drug-likeness (QED) is 0.413. The number of nitrogens with one attached hydrogen (secondary N) is 1. The summed E-state index contributed by atoms with van der Waals surface area (Å²) in [6.07, 6.45) is 3.46. The molecule has 0 radical (unpaired) electrons. The van der Waals surface area contributed by atoms with E-state index in [0.717, 1.165) is 28.3 Å². The average molecular weight is 446 g/mol. The lowest BCUT2D eigenvalue weighted by Gasteiger charge is -2.14. The molecule has 0 saturated heterocycles. The van der Waals surface area contributed by atoms with Crippen molar-refractivity contribution in [2.24, 2.45) is 0 Å². The summed E-state index contributed by atoms with van der Waals surface area (Å²) < 4.78 is 7.21. The molecule has 0 unspecified atom stereocenters. The molecule has 2 aromatic heterocycles. The summed E-state index contributed by atoms with van der Waals surface area (Å²) in [5.41, 5.74) is 3.60. The molecule has 8 heteroatoms. The lowest BCUT2D eigenvalue weighted by Crippen LogP contribution is -2.22. The summed E-state index contributed by atoms with van der Waals surface area (Å²) >= 11 is 1.35. The molecular weight excluding hydrogens is 422 g/mol. The van der Waals surface area contributed by atoms with Crippen LogP contribution in [0.2, 0.25) is 0 Å². The third-order valence-electron chi connectivity index (χ3n) is 4.85. The van der Waals surface area contributed by atoms with Crippen LogP contribution in [0.1, 0.15) is 12.5 Å². The maximum Gasteiger partial charge on any atom is 0.237 e. The van der Waals surface area contributed by atoms with Crippen molar-refractivity contribution in [1.29, 1.82) is 0 Å². The van der Waals surface area contributed by atoms with Crippen molar-refractivity contribution in [1.82, 2.24) is 19.7 Å². The van der Waals surface area contributed by atoms with Gasteiger partial charge in [0.1, 0.15) is 5.75 Å². The number of carbonyl (C=O) groups excluding carboxylic acids is 1. The van der Waals surface area contributed by atoms with Crippen LogP contribution in [0.25, 0.3) is 17.1 Å². The van der Waals surface area contributed by atoms with Crippen LogP contribution in [0, 0.1) is 6.92 Å². The van der Waals surface area contributed by atoms with Gasteiger partial charge in [-0.05, 0) is 62.4 Å². The number of benzene rings is 2. The third kappa shape index (κ3) is 4.81. The minimum absolute atomic E-state index is 0.105. The van der Waals surface area contributed by atoms with Crippen LogP contribution in [0.3, 0.4) is 0 Å². The first-order valence-corrected chi connectivity index (χ1v) is 11.0. The van der Waals surface area contributed by atoms with Crippen LogP contribution >= 0.6 is 11.8 Å². The number of rotatable bonds is 7. The molecule has 0 aliphatic carbocycles. The maximum absolute atomic E-state index is 12.8. The van der Waals surface area contributed by atoms with Crippen molar-refractivity contribution in [2.75, 3.05) is 12.4 Å². The van der Waals surface area contributed by atoms with E-state index in [9.17, 15) is 4.79 Å². The molecule has 1 N–H and O–H groups in total. The Morgan fingerprint density at radius 3 is 2.47 bits per heavy atom. The molecule has 2 heterocycles. The van der Waals surface area contributed by atoms with E-state index >= 15 is 0 Å². The van der Waals surface area contributed by atoms with Crippen molar-refractivity contribution >= 4 is 23.4 Å². The Morgan fingerprint density at radius 1 is 1.06 bits per heavy atom. The highest BCUT2D eigenvalue weighted by atomic mass is 32.2. The standard InChI is InChI=1S/C24H23N5O2S/c1-16-6-8-19(9-7-16)26-23(30)17(2)32-24-28-27-22(18-5-4-14-25-15-18)29(24)20-10-12-21(31-3)13-11-20/h4-15,17H,1-3H3,(H,26,30)/t17-/m0/s1. The zero-order valence-electron chi connectivity index (χ0n) is 18.0. The van der Waals surface area contributed by atoms with Gasteiger partial charge in [-0.3, -0.25) is 14.3 Å². The van der Waals surface area contributed by atoms with Crippen molar-refractivity contribution in [3.8, 4) is 22.8 Å². The van der Waals surface area contributed by atoms with E-state index in [1.165, 1.54) is 11.8 Å². The number of thioether (sulfide) groups is 1. The average Bonchev–Trinajstić information content (AvgIpc) is 3.24. The minimum Gasteiger partial charge on any atom is -0.497 e. The fourth-order valence-corrected chi connectivity index (χ4v) is 3.95. The predicted molar refractivity (Wildman–Crippen MR) is 126 cm³/mol. The minimum atomic E-state index is -0.390. The monoisotopic (exact) mass is 445 g/mol. The molecule has 162 valence electrons. The Labute approximate surface area is 190 Å². The van der Waals surface area contributed by atoms with Gasteiger partial charge >= 0.3 is 0 Å². The van der Waals surface area contributed by atoms with Gasteiger partial charge in [-0.1, -0.05) is 29.5 Å². The van der Waals surface area contributed by atoms with E-state index in [0.29, 0.717) is 11.0 Å². The topological polar surface area (TPSA) is 81.9 Å². The first-order chi connectivity index (χ1) is 15.5. The Kier molecular flexibility index (Phi) is 6.51. The van der Waals surface area contributed by atoms with Gasteiger partial charge in [-0.15, -0.1) is 10.2 Å². The van der Waals surface area contributed by atoms with Gasteiger partial charge in [0.25, 0.3) is 0 Å². The summed E-state index contributed by atoms with van der Waals surface area (Å²) in [6, 6.07) is 19.1. The maximum atomic E-state index is 12.8. The number of aryl methyl sites for hydroxylation is 1. The summed E-state index contributed by atoms with van der Waals surface area (Å²) in [5.74, 6) is 1.30. The summed E-state index contributed by atoms with van der Waals surface area (Å²) in [5, 5.41) is 12.0. The largest absolute Gasteiger partial charge is 0.497 e. The van der Waals surface area contributed by atoms with Crippen LogP contribution < -0.4 is 10.1 Å². The van der Waals surface area contributed by atoms with Crippen LogP contribution in [0.5, 0.6) is 5.75 Å². The van der Waals surface area contributed by atoms with E-state index in [-0.39, 0.29) is 11.2 Å². The first kappa shape index (κ1) is 21.6. The van der Waals surface area contributed by atoms with Crippen LogP contribution in [0.4, 0.5) is 5.69 Å². The number of aromatic nitrogens is 4. The molecule has 4 rings (SSSR count). The molecule has 0 bridgehead atoms. The van der Waals surface area contributed by atoms with Gasteiger partial charge in [0.2, 0.25) is 5.91 Å². The molecule has 1 amide bonds. The number of ether oxygens (including phenoxy) is 1. The Hall–Kier alpha value is -3.65. The zero-order chi connectivity index (χ0) is 22.5. The van der Waals surface area contributed by atoms with Gasteiger partial charge < -0.3 is 10.1 Å². The molecule has 0 saturated carbocycles. The fourth-order valence-electron chi connectivity index (χ4n) is 3.08. The second-order valence-electron chi connectivity index (χ2n) is 7.20. The molecule has 0 spiro atoms. The van der Waals surface area contributed by atoms with Gasteiger partial charge in [-0.25, -0.2) is 0 Å². The SMILES string of the molecule is COc1ccc(-n2c(S[C@@H](C)C(=O)Nc3ccc(C)cc3)nnc2-c2cccnc2)cc1. The number of carbonyl (C=O) groups is 1. The Morgan fingerprint density at radius 2 is 1.81 bits per heavy atom. The van der Waals surface area contributed by atoms with Crippen molar-refractivity contribution in [3.63, 3.8) is 0 Å². The van der Waals surface area contributed by atoms with Gasteiger partial charge in [0, 0.05) is 29.3 Å². The van der Waals surface area contributed by atoms with Crippen LogP contribution in [-0.2, 0) is 4.79 Å². The lowest BCUT2D eigenvalue weighted by molar-refractivity contribution is -0.115. The molecule has 7 nitrogen and oxygen atoms in total. The number of methoxy groups -OCH3 is 1. The van der Waals surface area contributed by atoms with Gasteiger partial charge in [-0.2, -0.15) is 0 Å². The van der Waals surface area contributed by atoms with E-state index in [4.69, 9.17) is 4.74 Å². The van der Waals surface area contributed by atoms with E-state index in [2.05, 4.69) is 20.5 Å². The second kappa shape index (κ2) is 9.65. The van der Waals surface area contributed by atoms with E-state index < -0.39 is 0 Å². The number of amides is 1. The van der Waals surface area contributed by atoms with Crippen LogP contribution in [0.15, 0.2) is 78.2 Å². The highest BCUT2D eigenvalue weighted by Crippen LogP contribution is 2.31. The second-order valence-corrected chi connectivity index (χ2v) is 8.50. The Balaban J connectivity index is 1.63. The predicted octanol–water partition coefficient (Wildman–Crippen LogP) is 4.77. The smallest absolute Gasteiger partial charge is 0.237 e. The van der Waals surface area contributed by atoms with Crippen LogP contribution in [-0.4, -0.2) is 38.0 Å². The number of nitrogens with zero attached hydrogens (tertiary/aromatic N) is 4. The molecule has 4 aromatic rings. The van der Waals surface area contributed by atoms with E-state index in [1.807, 2.05) is 79.1 Å². The van der Waals surface area contributed by atoms with E-state index in [1.54, 1.807) is 19.5 Å². The van der Waals surface area contributed by atoms with Gasteiger partial charge in [0.05, 0.1) is 12.4 Å². The Bertz CT molecular complexity index is 1190. The molecule has 2 aromatic carbocycles. The number of anilines is 1. The number of hydrogen-bond donors (Lipinski definition) is 1. The highest BCUT2D eigenvalue weighted by molar-refractivity contribution is 8.00. The molecule has 0 aliphatic heterocycles. The first-order valence-electron chi connectivity index (χ1n) is 10.1. The van der Waals surface area contributed by atoms with Crippen molar-refractivity contribution < 1.29 is 9.53 Å². The third-order valence-corrected chi connectivity index (χ3v) is 5.90. The fraction of sp³-hybridized carbons (Fsp3) is 0.167. The number of hydrogen-bond acceptors (Lipinski definition) is 6. The van der Waals surface area contributed by atoms with Gasteiger partial charge in [0.15, 0.2) is 11.0 Å². The summed E-state index contributed by atoms with van der Waals surface area (Å²) in [4.78, 5) is 17.0. The molecule has 0 fully saturated rings. The lowest BCUT2D eigenvalue weighted by atomic mass is 10.2. The van der Waals surface area contributed by atoms with Crippen molar-refractivity contribution in [2.45, 2.75) is 24.3 Å². The summed E-state index contributed by atoms with van der Waals surface area (Å²) in [7, 11) is 1.63. The van der Waals surface area contributed by atoms with Crippen molar-refractivity contribution in [3.05, 3.63) is 78.6 Å². The molecule has 0 aliphatic rings. The number of pyridine rings is 1. The normalized spacial score (nSPS) is 11.7. The zero-order valence-corrected chi connectivity index (χ0v) is 18.8. The molecule has 1 atom stereocenters. The highest BCUT2D eigenvalue weighted by Gasteiger charge is 2.22.